The number of aliphatic carboxylic acids is 1. The Hall–Kier alpha value is -1.33. The number of allylic oxidation sites excluding steroid dienone is 1. The third kappa shape index (κ3) is 2.15. The van der Waals surface area contributed by atoms with Crippen LogP contribution < -0.4 is 0 Å². The standard InChI is InChI=1S/C12H11ClO4S/c1-7(4-12(14)15)10-5-8-2-3-9(13)6-11(8)18(10,16)17/h2-3,5-7H,4H2,1H3,(H,14,15). The zero-order valence-corrected chi connectivity index (χ0v) is 11.1. The van der Waals surface area contributed by atoms with Crippen molar-refractivity contribution in [2.45, 2.75) is 18.2 Å². The Morgan fingerprint density at radius 2 is 2.11 bits per heavy atom. The normalized spacial score (nSPS) is 18.0. The van der Waals surface area contributed by atoms with Crippen LogP contribution in [0.25, 0.3) is 6.08 Å². The number of halogens is 1. The van der Waals surface area contributed by atoms with Crippen LogP contribution in [0.15, 0.2) is 28.0 Å². The molecule has 1 aliphatic heterocycles. The topological polar surface area (TPSA) is 71.4 Å². The molecule has 96 valence electrons. The molecule has 6 heteroatoms. The highest BCUT2D eigenvalue weighted by Crippen LogP contribution is 2.38. The van der Waals surface area contributed by atoms with Gasteiger partial charge in [0.25, 0.3) is 0 Å². The molecule has 1 aromatic rings. The van der Waals surface area contributed by atoms with Crippen LogP contribution >= 0.6 is 11.6 Å². The van der Waals surface area contributed by atoms with Crippen molar-refractivity contribution in [3.8, 4) is 0 Å². The molecule has 0 amide bonds. The molecule has 0 spiro atoms. The van der Waals surface area contributed by atoms with Crippen LogP contribution in [0.4, 0.5) is 0 Å². The van der Waals surface area contributed by atoms with Gasteiger partial charge in [0.2, 0.25) is 9.84 Å². The molecule has 1 unspecified atom stereocenters. The number of carboxylic acid groups (broad SMARTS) is 1. The molecule has 0 fully saturated rings. The van der Waals surface area contributed by atoms with E-state index in [1.807, 2.05) is 0 Å². The third-order valence-corrected chi connectivity index (χ3v) is 5.15. The molecule has 1 aliphatic rings. The summed E-state index contributed by atoms with van der Waals surface area (Å²) in [5, 5.41) is 9.08. The first-order valence-corrected chi connectivity index (χ1v) is 7.16. The molecule has 1 aromatic carbocycles. The molecule has 2 rings (SSSR count). The number of hydrogen-bond acceptors (Lipinski definition) is 3. The minimum atomic E-state index is -3.60. The predicted molar refractivity (Wildman–Crippen MR) is 68.0 cm³/mol. The van der Waals surface area contributed by atoms with E-state index in [2.05, 4.69) is 0 Å². The van der Waals surface area contributed by atoms with Crippen molar-refractivity contribution in [2.24, 2.45) is 5.92 Å². The van der Waals surface area contributed by atoms with Gasteiger partial charge >= 0.3 is 5.97 Å². The Morgan fingerprint density at radius 3 is 2.72 bits per heavy atom. The fraction of sp³-hybridized carbons (Fsp3) is 0.250. The second kappa shape index (κ2) is 4.40. The first-order valence-electron chi connectivity index (χ1n) is 5.30. The van der Waals surface area contributed by atoms with E-state index in [1.165, 1.54) is 12.1 Å². The first kappa shape index (κ1) is 13.1. The number of carbonyl (C=O) groups is 1. The van der Waals surface area contributed by atoms with Gasteiger partial charge in [-0.1, -0.05) is 24.6 Å². The molecular formula is C12H11ClO4S. The molecule has 0 bridgehead atoms. The van der Waals surface area contributed by atoms with Crippen LogP contribution in [-0.2, 0) is 14.6 Å². The highest BCUT2D eigenvalue weighted by atomic mass is 35.5. The molecule has 0 aliphatic carbocycles. The number of rotatable bonds is 3. The van der Waals surface area contributed by atoms with Crippen LogP contribution in [0.1, 0.15) is 18.9 Å². The van der Waals surface area contributed by atoms with Gasteiger partial charge in [0.05, 0.1) is 16.2 Å². The van der Waals surface area contributed by atoms with Gasteiger partial charge in [0.15, 0.2) is 0 Å². The minimum Gasteiger partial charge on any atom is -0.481 e. The smallest absolute Gasteiger partial charge is 0.303 e. The van der Waals surface area contributed by atoms with Crippen molar-refractivity contribution in [1.82, 2.24) is 0 Å². The lowest BCUT2D eigenvalue weighted by Crippen LogP contribution is -2.12. The second-order valence-electron chi connectivity index (χ2n) is 4.23. The quantitative estimate of drug-likeness (QED) is 0.927. The summed E-state index contributed by atoms with van der Waals surface area (Å²) in [5.74, 6) is -1.58. The van der Waals surface area contributed by atoms with E-state index in [4.69, 9.17) is 16.7 Å². The van der Waals surface area contributed by atoms with E-state index in [0.717, 1.165) is 0 Å². The van der Waals surface area contributed by atoms with Crippen molar-refractivity contribution < 1.29 is 18.3 Å². The van der Waals surface area contributed by atoms with Gasteiger partial charge in [-0.2, -0.15) is 0 Å². The van der Waals surface area contributed by atoms with Gasteiger partial charge in [-0.15, -0.1) is 0 Å². The number of carboxylic acids is 1. The summed E-state index contributed by atoms with van der Waals surface area (Å²) in [6.45, 7) is 1.59. The molecule has 1 N–H and O–H groups in total. The molecular weight excluding hydrogens is 276 g/mol. The lowest BCUT2D eigenvalue weighted by molar-refractivity contribution is -0.137. The summed E-state index contributed by atoms with van der Waals surface area (Å²) >= 11 is 5.78. The zero-order chi connectivity index (χ0) is 13.5. The first-order chi connectivity index (χ1) is 8.32. The molecule has 0 saturated heterocycles. The maximum Gasteiger partial charge on any atom is 0.303 e. The van der Waals surface area contributed by atoms with E-state index in [-0.39, 0.29) is 16.2 Å². The molecule has 0 saturated carbocycles. The van der Waals surface area contributed by atoms with Crippen molar-refractivity contribution in [1.29, 1.82) is 0 Å². The van der Waals surface area contributed by atoms with Crippen molar-refractivity contribution >= 4 is 33.5 Å². The van der Waals surface area contributed by atoms with Crippen LogP contribution in [0.3, 0.4) is 0 Å². The van der Waals surface area contributed by atoms with Gasteiger partial charge in [-0.05, 0) is 23.8 Å². The Morgan fingerprint density at radius 1 is 1.44 bits per heavy atom. The van der Waals surface area contributed by atoms with Crippen LogP contribution in [0, 0.1) is 5.92 Å². The Bertz CT molecular complexity index is 646. The maximum atomic E-state index is 12.2. The van der Waals surface area contributed by atoms with E-state index in [9.17, 15) is 13.2 Å². The zero-order valence-electron chi connectivity index (χ0n) is 9.55. The van der Waals surface area contributed by atoms with Crippen LogP contribution in [0.2, 0.25) is 5.02 Å². The SMILES string of the molecule is CC(CC(=O)O)C1=Cc2ccc(Cl)cc2S1(=O)=O. The van der Waals surface area contributed by atoms with Crippen LogP contribution in [0.5, 0.6) is 0 Å². The van der Waals surface area contributed by atoms with Crippen molar-refractivity contribution in [3.05, 3.63) is 33.7 Å². The van der Waals surface area contributed by atoms with Gasteiger partial charge in [-0.25, -0.2) is 8.42 Å². The van der Waals surface area contributed by atoms with Gasteiger partial charge in [-0.3, -0.25) is 4.79 Å². The lowest BCUT2D eigenvalue weighted by Gasteiger charge is -2.10. The average molecular weight is 287 g/mol. The lowest BCUT2D eigenvalue weighted by atomic mass is 10.1. The van der Waals surface area contributed by atoms with Gasteiger partial charge in [0, 0.05) is 10.9 Å². The van der Waals surface area contributed by atoms with Gasteiger partial charge in [0.1, 0.15) is 0 Å². The number of hydrogen-bond donors (Lipinski definition) is 1. The Kier molecular flexibility index (Phi) is 3.21. The molecule has 4 nitrogen and oxygen atoms in total. The largest absolute Gasteiger partial charge is 0.481 e. The molecule has 1 heterocycles. The summed E-state index contributed by atoms with van der Waals surface area (Å²) in [6, 6.07) is 4.62. The molecule has 18 heavy (non-hydrogen) atoms. The highest BCUT2D eigenvalue weighted by molar-refractivity contribution is 7.95. The molecule has 0 aromatic heterocycles. The average Bonchev–Trinajstić information content (AvgIpc) is 2.50. The summed E-state index contributed by atoms with van der Waals surface area (Å²) in [5.41, 5.74) is 0.562. The van der Waals surface area contributed by atoms with Gasteiger partial charge < -0.3 is 5.11 Å². The highest BCUT2D eigenvalue weighted by Gasteiger charge is 2.33. The summed E-state index contributed by atoms with van der Waals surface area (Å²) in [6.07, 6.45) is 1.31. The maximum absolute atomic E-state index is 12.2. The summed E-state index contributed by atoms with van der Waals surface area (Å²) < 4.78 is 24.5. The van der Waals surface area contributed by atoms with E-state index >= 15 is 0 Å². The van der Waals surface area contributed by atoms with E-state index in [0.29, 0.717) is 10.6 Å². The van der Waals surface area contributed by atoms with Crippen molar-refractivity contribution in [3.63, 3.8) is 0 Å². The Balaban J connectivity index is 2.47. The number of fused-ring (bicyclic) bond motifs is 1. The monoisotopic (exact) mass is 286 g/mol. The Labute approximate surface area is 110 Å². The second-order valence-corrected chi connectivity index (χ2v) is 6.59. The summed E-state index contributed by atoms with van der Waals surface area (Å²) in [7, 11) is -3.60. The fourth-order valence-electron chi connectivity index (χ4n) is 1.99. The number of benzene rings is 1. The number of sulfone groups is 1. The fourth-order valence-corrected chi connectivity index (χ4v) is 4.09. The molecule has 1 atom stereocenters. The minimum absolute atomic E-state index is 0.141. The third-order valence-electron chi connectivity index (χ3n) is 2.84. The molecule has 0 radical (unpaired) electrons. The van der Waals surface area contributed by atoms with Crippen molar-refractivity contribution in [2.75, 3.05) is 0 Å². The van der Waals surface area contributed by atoms with E-state index in [1.54, 1.807) is 19.1 Å². The predicted octanol–water partition coefficient (Wildman–Crippen LogP) is 2.58. The summed E-state index contributed by atoms with van der Waals surface area (Å²) in [4.78, 5) is 11.0. The van der Waals surface area contributed by atoms with Crippen LogP contribution in [-0.4, -0.2) is 19.5 Å². The van der Waals surface area contributed by atoms with E-state index < -0.39 is 21.7 Å².